The van der Waals surface area contributed by atoms with E-state index in [0.717, 1.165) is 29.3 Å². The molecule has 14 nitrogen and oxygen atoms in total. The third-order valence-corrected chi connectivity index (χ3v) is 13.6. The maximum absolute atomic E-state index is 14.4. The Morgan fingerprint density at radius 2 is 1.94 bits per heavy atom. The fourth-order valence-corrected chi connectivity index (χ4v) is 9.22. The minimum absolute atomic E-state index is 0.0217. The van der Waals surface area contributed by atoms with Crippen LogP contribution < -0.4 is 20.1 Å². The molecule has 1 spiro atoms. The third kappa shape index (κ3) is 6.28. The van der Waals surface area contributed by atoms with Gasteiger partial charge in [-0.25, -0.2) is 18.2 Å². The number of nitrogens with one attached hydrogen (secondary N) is 3. The van der Waals surface area contributed by atoms with Gasteiger partial charge in [-0.1, -0.05) is 25.0 Å². The normalized spacial score (nSPS) is 30.6. The molecule has 5 aliphatic rings. The molecular formula is C36H42N6O8S. The first kappa shape index (κ1) is 34.7. The summed E-state index contributed by atoms with van der Waals surface area (Å²) in [5.74, 6) is -1.97. The van der Waals surface area contributed by atoms with E-state index in [-0.39, 0.29) is 25.8 Å². The average Bonchev–Trinajstić information content (AvgIpc) is 3.98. The Bertz CT molecular complexity index is 2020. The minimum Gasteiger partial charge on any atom is -0.483 e. The topological polar surface area (TPSA) is 208 Å². The summed E-state index contributed by atoms with van der Waals surface area (Å²) in [5.41, 5.74) is 0.106. The molecule has 3 fully saturated rings. The number of carbonyl (C=O) groups excluding carboxylic acids is 3. The van der Waals surface area contributed by atoms with Crippen molar-refractivity contribution < 1.29 is 37.4 Å². The Morgan fingerprint density at radius 1 is 1.16 bits per heavy atom. The molecule has 7 rings (SSSR count). The molecule has 1 aromatic heterocycles. The number of carbonyl (C=O) groups is 4. The number of pyridine rings is 1. The van der Waals surface area contributed by atoms with Gasteiger partial charge in [0.1, 0.15) is 29.0 Å². The van der Waals surface area contributed by atoms with Gasteiger partial charge in [-0.15, -0.1) is 0 Å². The highest BCUT2D eigenvalue weighted by molar-refractivity contribution is 7.91. The first-order valence-corrected chi connectivity index (χ1v) is 19.1. The number of nitrogens with zero attached hydrogens (tertiary/aromatic N) is 3. The molecule has 2 saturated carbocycles. The van der Waals surface area contributed by atoms with Crippen LogP contribution in [0.2, 0.25) is 0 Å². The lowest BCUT2D eigenvalue weighted by Gasteiger charge is -2.36. The van der Waals surface area contributed by atoms with E-state index in [2.05, 4.69) is 21.4 Å². The monoisotopic (exact) mass is 718 g/mol. The molecule has 1 aromatic carbocycles. The summed E-state index contributed by atoms with van der Waals surface area (Å²) in [4.78, 5) is 60.4. The standard InChI is InChI=1S/C36H42N6O8S/c1-21-29-24(25-16-22(19-37)10-11-26(25)38-21)12-13-35(50-29)18-28-30(43)40-36(32(45)41-51(48,49)34(2)14-15-34)17-23(36)8-6-4-3-5-7-9-27(39-33(46)47)31(44)42(28)20-35/h6,8,10-11,16,23,27-28,39H,3-5,7,9,12-15,17-18,20H2,1-2H3,(H,40,43)(H,41,45)(H,46,47)/b8-6-/t23-,27+,28+,35-,36-/m1/s1. The van der Waals surface area contributed by atoms with Gasteiger partial charge in [0.05, 0.1) is 34.1 Å². The van der Waals surface area contributed by atoms with Crippen LogP contribution in [0, 0.1) is 24.2 Å². The lowest BCUT2D eigenvalue weighted by molar-refractivity contribution is -0.141. The number of fused-ring (bicyclic) bond motifs is 5. The molecule has 4 amide bonds. The van der Waals surface area contributed by atoms with Crippen molar-refractivity contribution in [1.29, 1.82) is 5.26 Å². The van der Waals surface area contributed by atoms with Gasteiger partial charge in [0, 0.05) is 23.3 Å². The first-order valence-electron chi connectivity index (χ1n) is 17.6. The van der Waals surface area contributed by atoms with Crippen LogP contribution >= 0.6 is 0 Å². The van der Waals surface area contributed by atoms with Crippen LogP contribution in [0.3, 0.4) is 0 Å². The predicted molar refractivity (Wildman–Crippen MR) is 184 cm³/mol. The van der Waals surface area contributed by atoms with Gasteiger partial charge in [0.25, 0.3) is 5.91 Å². The number of nitriles is 1. The highest BCUT2D eigenvalue weighted by Crippen LogP contribution is 2.49. The molecule has 15 heteroatoms. The molecule has 270 valence electrons. The summed E-state index contributed by atoms with van der Waals surface area (Å²) in [7, 11) is -4.00. The second-order valence-corrected chi connectivity index (χ2v) is 17.2. The zero-order valence-electron chi connectivity index (χ0n) is 28.7. The van der Waals surface area contributed by atoms with Crippen molar-refractivity contribution in [1.82, 2.24) is 25.2 Å². The minimum atomic E-state index is -4.00. The van der Waals surface area contributed by atoms with Gasteiger partial charge in [-0.3, -0.25) is 19.1 Å². The summed E-state index contributed by atoms with van der Waals surface area (Å²) >= 11 is 0. The quantitative estimate of drug-likeness (QED) is 0.340. The molecular weight excluding hydrogens is 676 g/mol. The largest absolute Gasteiger partial charge is 0.483 e. The first-order chi connectivity index (χ1) is 24.2. The fraction of sp³-hybridized carbons (Fsp3) is 0.556. The Morgan fingerprint density at radius 3 is 2.67 bits per heavy atom. The van der Waals surface area contributed by atoms with Crippen molar-refractivity contribution in [3.8, 4) is 11.8 Å². The molecule has 4 heterocycles. The van der Waals surface area contributed by atoms with E-state index in [1.54, 1.807) is 25.1 Å². The van der Waals surface area contributed by atoms with Gasteiger partial charge < -0.3 is 25.4 Å². The summed E-state index contributed by atoms with van der Waals surface area (Å²) < 4.78 is 34.1. The number of carboxylic acid groups (broad SMARTS) is 1. The molecule has 2 aliphatic carbocycles. The maximum atomic E-state index is 14.4. The van der Waals surface area contributed by atoms with Crippen molar-refractivity contribution >= 4 is 44.7 Å². The number of aryl methyl sites for hydroxylation is 2. The highest BCUT2D eigenvalue weighted by Gasteiger charge is 2.64. The summed E-state index contributed by atoms with van der Waals surface area (Å²) in [6.07, 6.45) is 7.37. The van der Waals surface area contributed by atoms with Crippen molar-refractivity contribution in [2.24, 2.45) is 5.92 Å². The number of rotatable bonds is 4. The van der Waals surface area contributed by atoms with Gasteiger partial charge >= 0.3 is 6.09 Å². The van der Waals surface area contributed by atoms with E-state index in [0.29, 0.717) is 55.5 Å². The summed E-state index contributed by atoms with van der Waals surface area (Å²) in [6, 6.07) is 5.17. The Hall–Kier alpha value is -4.71. The maximum Gasteiger partial charge on any atom is 0.405 e. The van der Waals surface area contributed by atoms with E-state index < -0.39 is 67.7 Å². The SMILES string of the molecule is Cc1nc2ccc(C#N)cc2c2c1O[C@]1(CC2)C[C@H]2C(=O)N[C@]3(C(=O)NS(=O)(=O)C4(C)CC4)C[C@H]3/C=C\CCCCC[C@H](NC(=O)O)C(=O)N2C1. The molecule has 0 unspecified atom stereocenters. The zero-order chi connectivity index (χ0) is 36.3. The molecule has 3 aliphatic heterocycles. The van der Waals surface area contributed by atoms with Gasteiger partial charge in [0.2, 0.25) is 21.8 Å². The third-order valence-electron chi connectivity index (χ3n) is 11.4. The van der Waals surface area contributed by atoms with Gasteiger partial charge in [0.15, 0.2) is 0 Å². The number of sulfonamides is 1. The Kier molecular flexibility index (Phi) is 8.51. The summed E-state index contributed by atoms with van der Waals surface area (Å²) in [5, 5.41) is 25.2. The molecule has 5 atom stereocenters. The fourth-order valence-electron chi connectivity index (χ4n) is 7.91. The highest BCUT2D eigenvalue weighted by atomic mass is 32.2. The molecule has 1 saturated heterocycles. The number of hydrogen-bond acceptors (Lipinski definition) is 9. The molecule has 2 aromatic rings. The van der Waals surface area contributed by atoms with E-state index in [9.17, 15) is 38.0 Å². The zero-order valence-corrected chi connectivity index (χ0v) is 29.5. The number of aromatic nitrogens is 1. The van der Waals surface area contributed by atoms with Crippen LogP contribution in [-0.2, 0) is 30.8 Å². The van der Waals surface area contributed by atoms with E-state index in [1.165, 1.54) is 4.90 Å². The van der Waals surface area contributed by atoms with Crippen LogP contribution in [0.4, 0.5) is 4.79 Å². The van der Waals surface area contributed by atoms with E-state index >= 15 is 0 Å². The van der Waals surface area contributed by atoms with Crippen molar-refractivity contribution in [3.63, 3.8) is 0 Å². The molecule has 0 bridgehead atoms. The second-order valence-electron chi connectivity index (χ2n) is 15.0. The van der Waals surface area contributed by atoms with E-state index in [4.69, 9.17) is 9.72 Å². The van der Waals surface area contributed by atoms with E-state index in [1.807, 2.05) is 19.1 Å². The predicted octanol–water partition coefficient (Wildman–Crippen LogP) is 3.11. The van der Waals surface area contributed by atoms with Crippen LogP contribution in [0.25, 0.3) is 10.9 Å². The molecule has 4 N–H and O–H groups in total. The Balaban J connectivity index is 1.24. The van der Waals surface area contributed by atoms with Crippen molar-refractivity contribution in [3.05, 3.63) is 47.2 Å². The number of benzene rings is 1. The van der Waals surface area contributed by atoms with Crippen LogP contribution in [-0.4, -0.2) is 81.7 Å². The Labute approximate surface area is 296 Å². The number of allylic oxidation sites excluding steroid dienone is 1. The van der Waals surface area contributed by atoms with Crippen LogP contribution in [0.15, 0.2) is 30.4 Å². The molecule has 51 heavy (non-hydrogen) atoms. The second kappa shape index (κ2) is 12.5. The summed E-state index contributed by atoms with van der Waals surface area (Å²) in [6.45, 7) is 3.37. The van der Waals surface area contributed by atoms with Crippen LogP contribution in [0.1, 0.15) is 88.0 Å². The number of ether oxygens (including phenoxy) is 1. The number of hydrogen-bond donors (Lipinski definition) is 4. The molecule has 0 radical (unpaired) electrons. The van der Waals surface area contributed by atoms with Crippen LogP contribution in [0.5, 0.6) is 5.75 Å². The smallest absolute Gasteiger partial charge is 0.405 e. The lowest BCUT2D eigenvalue weighted by atomic mass is 9.87. The number of amides is 4. The lowest BCUT2D eigenvalue weighted by Crippen LogP contribution is -2.58. The van der Waals surface area contributed by atoms with Gasteiger partial charge in [-0.2, -0.15) is 5.26 Å². The van der Waals surface area contributed by atoms with Crippen molar-refractivity contribution in [2.75, 3.05) is 6.54 Å². The average molecular weight is 719 g/mol. The van der Waals surface area contributed by atoms with Gasteiger partial charge in [-0.05, 0) is 83.4 Å². The van der Waals surface area contributed by atoms with Crippen molar-refractivity contribution in [2.45, 2.75) is 112 Å².